The van der Waals surface area contributed by atoms with Gasteiger partial charge in [-0.2, -0.15) is 5.26 Å². The Morgan fingerprint density at radius 3 is 2.87 bits per heavy atom. The summed E-state index contributed by atoms with van der Waals surface area (Å²) in [6, 6.07) is 6.29. The number of H-pyrrole nitrogens is 1. The fourth-order valence-corrected chi connectivity index (χ4v) is 3.84. The van der Waals surface area contributed by atoms with Crippen molar-refractivity contribution in [3.63, 3.8) is 0 Å². The molecule has 4 rings (SSSR count). The second-order valence-corrected chi connectivity index (χ2v) is 7.79. The lowest BCUT2D eigenvalue weighted by Gasteiger charge is -2.35. The summed E-state index contributed by atoms with van der Waals surface area (Å²) in [4.78, 5) is 24.6. The van der Waals surface area contributed by atoms with E-state index in [4.69, 9.17) is 10.7 Å². The summed E-state index contributed by atoms with van der Waals surface area (Å²) in [6.07, 6.45) is 4.58. The maximum absolute atomic E-state index is 13.5. The molecule has 1 aliphatic carbocycles. The maximum atomic E-state index is 13.5. The number of benzene rings is 1. The van der Waals surface area contributed by atoms with E-state index < -0.39 is 5.82 Å². The van der Waals surface area contributed by atoms with E-state index in [1.54, 1.807) is 13.2 Å². The topological polar surface area (TPSA) is 130 Å². The van der Waals surface area contributed by atoms with Crippen LogP contribution in [0.25, 0.3) is 11.2 Å². The molecule has 158 valence electrons. The largest absolute Gasteiger partial charge is 0.387 e. The van der Waals surface area contributed by atoms with Gasteiger partial charge in [0, 0.05) is 36.5 Å². The lowest BCUT2D eigenvalue weighted by molar-refractivity contribution is 0.0896. The van der Waals surface area contributed by atoms with Crippen LogP contribution in [0.2, 0.25) is 0 Å². The number of fused-ring (bicyclic) bond motifs is 1. The minimum atomic E-state index is -0.409. The first-order chi connectivity index (χ1) is 14.9. The molecule has 4 N–H and O–H groups in total. The number of nitrogens with one attached hydrogen (secondary N) is 4. The van der Waals surface area contributed by atoms with Crippen LogP contribution in [0.15, 0.2) is 30.6 Å². The zero-order chi connectivity index (χ0) is 22.1. The number of carbonyl (C=O) groups is 1. The molecule has 0 bridgehead atoms. The van der Waals surface area contributed by atoms with Crippen LogP contribution in [0.4, 0.5) is 10.1 Å². The van der Waals surface area contributed by atoms with Gasteiger partial charge in [0.15, 0.2) is 5.65 Å². The van der Waals surface area contributed by atoms with Gasteiger partial charge in [0.2, 0.25) is 0 Å². The number of aromatic nitrogens is 3. The van der Waals surface area contributed by atoms with E-state index in [0.717, 1.165) is 12.8 Å². The van der Waals surface area contributed by atoms with Crippen LogP contribution in [-0.2, 0) is 0 Å². The maximum Gasteiger partial charge on any atom is 0.255 e. The number of carbonyl (C=O) groups excluding carboxylic acids is 1. The molecular formula is C22H22FN7O. The number of nitriles is 1. The van der Waals surface area contributed by atoms with Gasteiger partial charge in [0.05, 0.1) is 23.5 Å². The zero-order valence-corrected chi connectivity index (χ0v) is 17.2. The second-order valence-electron chi connectivity index (χ2n) is 7.79. The Kier molecular flexibility index (Phi) is 5.38. The number of amides is 1. The van der Waals surface area contributed by atoms with Crippen molar-refractivity contribution in [2.75, 3.05) is 12.4 Å². The van der Waals surface area contributed by atoms with Gasteiger partial charge in [-0.25, -0.2) is 14.4 Å². The van der Waals surface area contributed by atoms with Crippen LogP contribution in [-0.4, -0.2) is 39.7 Å². The zero-order valence-electron chi connectivity index (χ0n) is 17.2. The van der Waals surface area contributed by atoms with Crippen molar-refractivity contribution >= 4 is 28.5 Å². The first kappa shape index (κ1) is 20.5. The van der Waals surface area contributed by atoms with Crippen molar-refractivity contribution in [2.24, 2.45) is 11.8 Å². The second kappa shape index (κ2) is 8.14. The molecule has 2 aromatic heterocycles. The Bertz CT molecular complexity index is 1210. The van der Waals surface area contributed by atoms with Crippen molar-refractivity contribution < 1.29 is 9.18 Å². The van der Waals surface area contributed by atoms with E-state index in [1.165, 1.54) is 24.4 Å². The van der Waals surface area contributed by atoms with E-state index in [1.807, 2.05) is 6.92 Å². The molecule has 1 fully saturated rings. The Morgan fingerprint density at radius 1 is 1.39 bits per heavy atom. The fourth-order valence-electron chi connectivity index (χ4n) is 3.84. The molecule has 1 saturated carbocycles. The normalized spacial score (nSPS) is 18.6. The van der Waals surface area contributed by atoms with Gasteiger partial charge in [0.1, 0.15) is 17.0 Å². The predicted octanol–water partition coefficient (Wildman–Crippen LogP) is 3.22. The number of nitrogens with zero attached hydrogens (tertiary/aromatic N) is 3. The number of hydrogen-bond acceptors (Lipinski definition) is 6. The predicted molar refractivity (Wildman–Crippen MR) is 115 cm³/mol. The summed E-state index contributed by atoms with van der Waals surface area (Å²) in [5.41, 5.74) is 2.42. The van der Waals surface area contributed by atoms with Gasteiger partial charge < -0.3 is 15.6 Å². The molecule has 8 nitrogen and oxygen atoms in total. The smallest absolute Gasteiger partial charge is 0.255 e. The highest BCUT2D eigenvalue weighted by atomic mass is 19.1. The molecule has 0 aliphatic heterocycles. The van der Waals surface area contributed by atoms with Crippen LogP contribution >= 0.6 is 0 Å². The number of aromatic amines is 1. The molecule has 1 aromatic carbocycles. The summed E-state index contributed by atoms with van der Waals surface area (Å²) in [6.45, 7) is 1.94. The lowest BCUT2D eigenvalue weighted by atomic mass is 9.72. The molecule has 1 atom stereocenters. The van der Waals surface area contributed by atoms with Gasteiger partial charge in [0.25, 0.3) is 5.91 Å². The highest BCUT2D eigenvalue weighted by Gasteiger charge is 2.34. The van der Waals surface area contributed by atoms with E-state index in [9.17, 15) is 9.18 Å². The van der Waals surface area contributed by atoms with E-state index in [0.29, 0.717) is 28.0 Å². The third kappa shape index (κ3) is 3.84. The molecule has 1 unspecified atom stereocenters. The van der Waals surface area contributed by atoms with E-state index >= 15 is 0 Å². The standard InChI is InChI=1S/C22H22FN7O/c1-11(13-5-12(6-13)8-24)29-22(31)16-9-27-21-20(16)30-18(10-28-21)19(25)15-4-3-14(23)7-17(15)26-2/h3-4,7,9-13,25-26H,5-6H2,1-2H3,(H,27,28)(H,29,31). The van der Waals surface area contributed by atoms with Crippen molar-refractivity contribution in [3.8, 4) is 6.07 Å². The molecule has 0 spiro atoms. The molecule has 31 heavy (non-hydrogen) atoms. The van der Waals surface area contributed by atoms with Gasteiger partial charge in [-0.1, -0.05) is 0 Å². The SMILES string of the molecule is CNc1cc(F)ccc1C(=N)c1cnc2[nH]cc(C(=O)NC(C)C3CC(C#N)C3)c2n1. The average Bonchev–Trinajstić information content (AvgIpc) is 3.15. The highest BCUT2D eigenvalue weighted by Crippen LogP contribution is 2.35. The van der Waals surface area contributed by atoms with Crippen molar-refractivity contribution in [2.45, 2.75) is 25.8 Å². The molecule has 9 heteroatoms. The third-order valence-electron chi connectivity index (χ3n) is 5.82. The number of anilines is 1. The number of rotatable bonds is 6. The van der Waals surface area contributed by atoms with Crippen LogP contribution in [0.3, 0.4) is 0 Å². The summed E-state index contributed by atoms with van der Waals surface area (Å²) >= 11 is 0. The Labute approximate surface area is 178 Å². The molecule has 0 saturated heterocycles. The summed E-state index contributed by atoms with van der Waals surface area (Å²) in [5, 5.41) is 23.3. The van der Waals surface area contributed by atoms with Gasteiger partial charge in [-0.15, -0.1) is 0 Å². The minimum absolute atomic E-state index is 0.0612. The van der Waals surface area contributed by atoms with Crippen molar-refractivity contribution in [3.05, 3.63) is 53.2 Å². The molecule has 0 radical (unpaired) electrons. The Hall–Kier alpha value is -3.80. The van der Waals surface area contributed by atoms with Crippen LogP contribution in [0.1, 0.15) is 41.4 Å². The quantitative estimate of drug-likeness (QED) is 0.456. The highest BCUT2D eigenvalue weighted by molar-refractivity contribution is 6.14. The van der Waals surface area contributed by atoms with Crippen molar-refractivity contribution in [1.29, 1.82) is 10.7 Å². The molecular weight excluding hydrogens is 397 g/mol. The third-order valence-corrected chi connectivity index (χ3v) is 5.82. The molecule has 3 aromatic rings. The number of hydrogen-bond donors (Lipinski definition) is 4. The Morgan fingerprint density at radius 2 is 2.16 bits per heavy atom. The first-order valence-corrected chi connectivity index (χ1v) is 10.0. The van der Waals surface area contributed by atoms with Crippen LogP contribution in [0, 0.1) is 34.4 Å². The van der Waals surface area contributed by atoms with Crippen LogP contribution in [0.5, 0.6) is 0 Å². The van der Waals surface area contributed by atoms with E-state index in [-0.39, 0.29) is 35.2 Å². The van der Waals surface area contributed by atoms with E-state index in [2.05, 4.69) is 31.7 Å². The molecule has 1 aliphatic rings. The van der Waals surface area contributed by atoms with Gasteiger partial charge >= 0.3 is 0 Å². The average molecular weight is 419 g/mol. The summed E-state index contributed by atoms with van der Waals surface area (Å²) in [7, 11) is 1.65. The van der Waals surface area contributed by atoms with Crippen LogP contribution < -0.4 is 10.6 Å². The molecule has 2 heterocycles. The van der Waals surface area contributed by atoms with Gasteiger partial charge in [-0.05, 0) is 43.9 Å². The summed E-state index contributed by atoms with van der Waals surface area (Å²) < 4.78 is 13.5. The monoisotopic (exact) mass is 419 g/mol. The Balaban J connectivity index is 1.59. The number of halogens is 1. The lowest BCUT2D eigenvalue weighted by Crippen LogP contribution is -2.43. The first-order valence-electron chi connectivity index (χ1n) is 10.0. The summed E-state index contributed by atoms with van der Waals surface area (Å²) in [5.74, 6) is -0.332. The minimum Gasteiger partial charge on any atom is -0.387 e. The van der Waals surface area contributed by atoms with Crippen molar-refractivity contribution in [1.82, 2.24) is 20.3 Å². The van der Waals surface area contributed by atoms with Gasteiger partial charge in [-0.3, -0.25) is 10.2 Å². The molecule has 1 amide bonds. The fraction of sp³-hybridized carbons (Fsp3) is 0.318.